The summed E-state index contributed by atoms with van der Waals surface area (Å²) in [5.41, 5.74) is 2.87. The zero-order valence-electron chi connectivity index (χ0n) is 11.9. The highest BCUT2D eigenvalue weighted by molar-refractivity contribution is 6.33. The largest absolute Gasteiger partial charge is 0.481 e. The van der Waals surface area contributed by atoms with Gasteiger partial charge in [-0.15, -0.1) is 0 Å². The third-order valence-electron chi connectivity index (χ3n) is 2.89. The fourth-order valence-corrected chi connectivity index (χ4v) is 2.19. The van der Waals surface area contributed by atoms with Gasteiger partial charge in [-0.25, -0.2) is 4.98 Å². The molecule has 1 heterocycles. The summed E-state index contributed by atoms with van der Waals surface area (Å²) in [6, 6.07) is 11.6. The SMILES string of the molecule is COc1cccc(CNc2ccc(N(C)C)c(Cl)c2)n1. The summed E-state index contributed by atoms with van der Waals surface area (Å²) >= 11 is 6.24. The van der Waals surface area contributed by atoms with Gasteiger partial charge in [0, 0.05) is 25.8 Å². The van der Waals surface area contributed by atoms with Crippen molar-refractivity contribution in [1.29, 1.82) is 0 Å². The maximum atomic E-state index is 6.24. The smallest absolute Gasteiger partial charge is 0.213 e. The van der Waals surface area contributed by atoms with Gasteiger partial charge in [0.2, 0.25) is 5.88 Å². The molecule has 0 aliphatic heterocycles. The molecule has 0 bridgehead atoms. The van der Waals surface area contributed by atoms with Crippen molar-refractivity contribution in [2.75, 3.05) is 31.4 Å². The molecule has 1 aromatic heterocycles. The first-order valence-electron chi connectivity index (χ1n) is 6.31. The maximum Gasteiger partial charge on any atom is 0.213 e. The van der Waals surface area contributed by atoms with Crippen LogP contribution in [0.15, 0.2) is 36.4 Å². The summed E-state index contributed by atoms with van der Waals surface area (Å²) < 4.78 is 5.10. The van der Waals surface area contributed by atoms with Gasteiger partial charge in [-0.2, -0.15) is 0 Å². The molecule has 0 amide bonds. The van der Waals surface area contributed by atoms with Gasteiger partial charge in [-0.05, 0) is 24.3 Å². The molecule has 0 aliphatic rings. The summed E-state index contributed by atoms with van der Waals surface area (Å²) in [5.74, 6) is 0.616. The Kier molecular flexibility index (Phi) is 4.69. The third kappa shape index (κ3) is 3.54. The van der Waals surface area contributed by atoms with Crippen LogP contribution in [-0.2, 0) is 6.54 Å². The number of nitrogens with zero attached hydrogens (tertiary/aromatic N) is 2. The van der Waals surface area contributed by atoms with Crippen LogP contribution in [0.4, 0.5) is 11.4 Å². The Morgan fingerprint density at radius 3 is 2.70 bits per heavy atom. The summed E-state index contributed by atoms with van der Waals surface area (Å²) in [6.45, 7) is 0.620. The van der Waals surface area contributed by atoms with Gasteiger partial charge < -0.3 is 15.0 Å². The lowest BCUT2D eigenvalue weighted by Crippen LogP contribution is -2.09. The van der Waals surface area contributed by atoms with Crippen LogP contribution in [0.1, 0.15) is 5.69 Å². The topological polar surface area (TPSA) is 37.4 Å². The summed E-state index contributed by atoms with van der Waals surface area (Å²) in [5, 5.41) is 4.02. The number of pyridine rings is 1. The van der Waals surface area contributed by atoms with E-state index in [4.69, 9.17) is 16.3 Å². The zero-order valence-corrected chi connectivity index (χ0v) is 12.6. The Balaban J connectivity index is 2.05. The minimum absolute atomic E-state index is 0.616. The number of aromatic nitrogens is 1. The number of benzene rings is 1. The second-order valence-corrected chi connectivity index (χ2v) is 4.99. The minimum atomic E-state index is 0.616. The molecule has 2 rings (SSSR count). The van der Waals surface area contributed by atoms with E-state index in [1.165, 1.54) is 0 Å². The Bertz CT molecular complexity index is 587. The number of methoxy groups -OCH3 is 1. The monoisotopic (exact) mass is 291 g/mol. The first kappa shape index (κ1) is 14.5. The number of anilines is 2. The predicted octanol–water partition coefficient (Wildman–Crippen LogP) is 3.42. The second kappa shape index (κ2) is 6.48. The van der Waals surface area contributed by atoms with Crippen molar-refractivity contribution < 1.29 is 4.74 Å². The maximum absolute atomic E-state index is 6.24. The van der Waals surface area contributed by atoms with Crippen LogP contribution in [0.2, 0.25) is 5.02 Å². The number of ether oxygens (including phenoxy) is 1. The normalized spacial score (nSPS) is 10.2. The van der Waals surface area contributed by atoms with Crippen LogP contribution < -0.4 is 15.0 Å². The van der Waals surface area contributed by atoms with E-state index in [1.807, 2.05) is 55.4 Å². The van der Waals surface area contributed by atoms with Gasteiger partial charge in [0.1, 0.15) is 0 Å². The highest BCUT2D eigenvalue weighted by atomic mass is 35.5. The molecule has 0 unspecified atom stereocenters. The van der Waals surface area contributed by atoms with E-state index in [1.54, 1.807) is 7.11 Å². The molecule has 0 saturated heterocycles. The molecule has 0 aliphatic carbocycles. The van der Waals surface area contributed by atoms with E-state index in [-0.39, 0.29) is 0 Å². The van der Waals surface area contributed by atoms with Crippen molar-refractivity contribution in [1.82, 2.24) is 4.98 Å². The minimum Gasteiger partial charge on any atom is -0.481 e. The van der Waals surface area contributed by atoms with E-state index < -0.39 is 0 Å². The number of nitrogens with one attached hydrogen (secondary N) is 1. The van der Waals surface area contributed by atoms with Crippen molar-refractivity contribution in [3.8, 4) is 5.88 Å². The zero-order chi connectivity index (χ0) is 14.5. The Labute approximate surface area is 124 Å². The van der Waals surface area contributed by atoms with Gasteiger partial charge in [-0.3, -0.25) is 0 Å². The van der Waals surface area contributed by atoms with Gasteiger partial charge >= 0.3 is 0 Å². The molecule has 5 heteroatoms. The number of halogens is 1. The van der Waals surface area contributed by atoms with E-state index in [0.717, 1.165) is 22.1 Å². The Morgan fingerprint density at radius 1 is 1.25 bits per heavy atom. The summed E-state index contributed by atoms with van der Waals surface area (Å²) in [4.78, 5) is 6.33. The molecule has 0 radical (unpaired) electrons. The molecule has 1 N–H and O–H groups in total. The standard InChI is InChI=1S/C15H18ClN3O/c1-19(2)14-8-7-11(9-13(14)16)17-10-12-5-4-6-15(18-12)20-3/h4-9,17H,10H2,1-3H3. The van der Waals surface area contributed by atoms with Crippen molar-refractivity contribution in [2.24, 2.45) is 0 Å². The highest BCUT2D eigenvalue weighted by Crippen LogP contribution is 2.27. The molecule has 2 aromatic rings. The molecule has 4 nitrogen and oxygen atoms in total. The van der Waals surface area contributed by atoms with Gasteiger partial charge in [0.05, 0.1) is 30.1 Å². The van der Waals surface area contributed by atoms with Gasteiger partial charge in [0.15, 0.2) is 0 Å². The fourth-order valence-electron chi connectivity index (χ4n) is 1.84. The average Bonchev–Trinajstić information content (AvgIpc) is 2.45. The molecule has 20 heavy (non-hydrogen) atoms. The molecule has 1 aromatic carbocycles. The molecular formula is C15H18ClN3O. The van der Waals surface area contributed by atoms with E-state index >= 15 is 0 Å². The van der Waals surface area contributed by atoms with Crippen LogP contribution in [-0.4, -0.2) is 26.2 Å². The first-order chi connectivity index (χ1) is 9.60. The molecule has 0 spiro atoms. The Hall–Kier alpha value is -1.94. The summed E-state index contributed by atoms with van der Waals surface area (Å²) in [7, 11) is 5.54. The summed E-state index contributed by atoms with van der Waals surface area (Å²) in [6.07, 6.45) is 0. The highest BCUT2D eigenvalue weighted by Gasteiger charge is 2.04. The fraction of sp³-hybridized carbons (Fsp3) is 0.267. The molecule has 0 saturated carbocycles. The predicted molar refractivity (Wildman–Crippen MR) is 83.9 cm³/mol. The number of hydrogen-bond donors (Lipinski definition) is 1. The lowest BCUT2D eigenvalue weighted by molar-refractivity contribution is 0.396. The molecule has 0 atom stereocenters. The van der Waals surface area contributed by atoms with E-state index in [9.17, 15) is 0 Å². The van der Waals surface area contributed by atoms with Crippen LogP contribution in [0, 0.1) is 0 Å². The molecular weight excluding hydrogens is 274 g/mol. The van der Waals surface area contributed by atoms with Crippen LogP contribution in [0.25, 0.3) is 0 Å². The van der Waals surface area contributed by atoms with Crippen molar-refractivity contribution >= 4 is 23.0 Å². The second-order valence-electron chi connectivity index (χ2n) is 4.59. The van der Waals surface area contributed by atoms with Crippen molar-refractivity contribution in [3.05, 3.63) is 47.1 Å². The van der Waals surface area contributed by atoms with Crippen molar-refractivity contribution in [3.63, 3.8) is 0 Å². The molecule has 0 fully saturated rings. The van der Waals surface area contributed by atoms with Crippen LogP contribution in [0.5, 0.6) is 5.88 Å². The first-order valence-corrected chi connectivity index (χ1v) is 6.68. The van der Waals surface area contributed by atoms with E-state index in [2.05, 4.69) is 10.3 Å². The van der Waals surface area contributed by atoms with Gasteiger partial charge in [0.25, 0.3) is 0 Å². The van der Waals surface area contributed by atoms with Gasteiger partial charge in [-0.1, -0.05) is 17.7 Å². The average molecular weight is 292 g/mol. The van der Waals surface area contributed by atoms with Crippen molar-refractivity contribution in [2.45, 2.75) is 6.54 Å². The van der Waals surface area contributed by atoms with Crippen LogP contribution in [0.3, 0.4) is 0 Å². The Morgan fingerprint density at radius 2 is 2.05 bits per heavy atom. The number of hydrogen-bond acceptors (Lipinski definition) is 4. The quantitative estimate of drug-likeness (QED) is 0.916. The molecule has 106 valence electrons. The third-order valence-corrected chi connectivity index (χ3v) is 3.20. The lowest BCUT2D eigenvalue weighted by atomic mass is 10.2. The van der Waals surface area contributed by atoms with E-state index in [0.29, 0.717) is 12.4 Å². The number of rotatable bonds is 5. The van der Waals surface area contributed by atoms with Crippen LogP contribution >= 0.6 is 11.6 Å². The lowest BCUT2D eigenvalue weighted by Gasteiger charge is -2.15.